The first-order valence-electron chi connectivity index (χ1n) is 7.60. The van der Waals surface area contributed by atoms with E-state index in [2.05, 4.69) is 16.1 Å². The molecule has 0 saturated heterocycles. The predicted molar refractivity (Wildman–Crippen MR) is 91.2 cm³/mol. The van der Waals surface area contributed by atoms with Gasteiger partial charge in [-0.25, -0.2) is 9.59 Å². The van der Waals surface area contributed by atoms with E-state index in [-0.39, 0.29) is 13.0 Å². The topological polar surface area (TPSA) is 143 Å². The SMILES string of the molecule is C=CCOC(=O)C(=[N+]=[N-])C(=O)C[C@@H](N)c1ccccc1C.O=C(O)C(F)(F)F. The lowest BCUT2D eigenvalue weighted by Crippen LogP contribution is -2.30. The number of nitrogens with two attached hydrogens (primary N) is 1. The molecule has 8 nitrogen and oxygen atoms in total. The number of carboxylic acids is 1. The second kappa shape index (κ2) is 11.4. The third-order valence-corrected chi connectivity index (χ3v) is 3.13. The van der Waals surface area contributed by atoms with Gasteiger partial charge in [-0.15, -0.1) is 0 Å². The van der Waals surface area contributed by atoms with Gasteiger partial charge in [-0.3, -0.25) is 4.79 Å². The fourth-order valence-electron chi connectivity index (χ4n) is 1.82. The van der Waals surface area contributed by atoms with Gasteiger partial charge in [0.2, 0.25) is 0 Å². The van der Waals surface area contributed by atoms with Crippen molar-refractivity contribution in [1.82, 2.24) is 0 Å². The number of benzene rings is 1. The van der Waals surface area contributed by atoms with E-state index in [0.29, 0.717) is 0 Å². The van der Waals surface area contributed by atoms with Crippen molar-refractivity contribution in [2.75, 3.05) is 6.61 Å². The minimum atomic E-state index is -5.08. The van der Waals surface area contributed by atoms with Gasteiger partial charge in [-0.1, -0.05) is 36.9 Å². The van der Waals surface area contributed by atoms with E-state index in [1.54, 1.807) is 6.07 Å². The first kappa shape index (κ1) is 24.7. The maximum absolute atomic E-state index is 12.0. The molecular formula is C17H18F3N3O5. The minimum absolute atomic E-state index is 0.0744. The zero-order valence-electron chi connectivity index (χ0n) is 14.8. The fraction of sp³-hybridized carbons (Fsp3) is 0.294. The van der Waals surface area contributed by atoms with Crippen LogP contribution >= 0.6 is 0 Å². The molecule has 0 unspecified atom stereocenters. The molecule has 0 radical (unpaired) electrons. The van der Waals surface area contributed by atoms with Gasteiger partial charge < -0.3 is 21.1 Å². The van der Waals surface area contributed by atoms with Crippen molar-refractivity contribution >= 4 is 23.4 Å². The monoisotopic (exact) mass is 401 g/mol. The third kappa shape index (κ3) is 8.39. The number of Topliss-reactive ketones (excluding diaryl/α,β-unsaturated/α-hetero) is 1. The zero-order chi connectivity index (χ0) is 21.9. The summed E-state index contributed by atoms with van der Waals surface area (Å²) in [5, 5.41) is 7.12. The Morgan fingerprint density at radius 2 is 1.89 bits per heavy atom. The highest BCUT2D eigenvalue weighted by Gasteiger charge is 2.38. The Hall–Kier alpha value is -3.30. The number of carbonyl (C=O) groups is 3. The number of alkyl halides is 3. The molecule has 1 aromatic carbocycles. The van der Waals surface area contributed by atoms with Crippen molar-refractivity contribution in [3.8, 4) is 0 Å². The summed E-state index contributed by atoms with van der Waals surface area (Å²) in [6.07, 6.45) is -3.90. The molecule has 152 valence electrons. The van der Waals surface area contributed by atoms with Gasteiger partial charge in [0.15, 0.2) is 0 Å². The molecule has 0 aliphatic heterocycles. The Kier molecular flexibility index (Phi) is 10.1. The molecule has 0 spiro atoms. The molecule has 0 amide bonds. The van der Waals surface area contributed by atoms with Crippen LogP contribution in [-0.2, 0) is 19.1 Å². The van der Waals surface area contributed by atoms with E-state index in [0.717, 1.165) is 11.1 Å². The number of carbonyl (C=O) groups excluding carboxylic acids is 2. The Balaban J connectivity index is 0.000000887. The summed E-state index contributed by atoms with van der Waals surface area (Å²) in [7, 11) is 0. The molecule has 0 fully saturated rings. The van der Waals surface area contributed by atoms with Crippen LogP contribution in [0.4, 0.5) is 13.2 Å². The van der Waals surface area contributed by atoms with Crippen LogP contribution in [0.25, 0.3) is 5.53 Å². The van der Waals surface area contributed by atoms with Gasteiger partial charge in [0, 0.05) is 12.5 Å². The first-order chi connectivity index (χ1) is 12.9. The smallest absolute Gasteiger partial charge is 0.475 e. The lowest BCUT2D eigenvalue weighted by atomic mass is 9.96. The average Bonchev–Trinajstić information content (AvgIpc) is 2.60. The predicted octanol–water partition coefficient (Wildman–Crippen LogP) is 1.99. The number of ether oxygens (including phenoxy) is 1. The molecule has 0 saturated carbocycles. The molecule has 11 heteroatoms. The van der Waals surface area contributed by atoms with E-state index < -0.39 is 35.7 Å². The normalized spacial score (nSPS) is 11.2. The summed E-state index contributed by atoms with van der Waals surface area (Å²) in [5.74, 6) is -4.44. The van der Waals surface area contributed by atoms with Gasteiger partial charge in [0.1, 0.15) is 6.61 Å². The quantitative estimate of drug-likeness (QED) is 0.179. The van der Waals surface area contributed by atoms with Gasteiger partial charge in [-0.05, 0) is 18.1 Å². The number of halogens is 3. The molecule has 3 N–H and O–H groups in total. The maximum Gasteiger partial charge on any atom is 0.490 e. The number of rotatable bonds is 7. The van der Waals surface area contributed by atoms with Gasteiger partial charge in [-0.2, -0.15) is 18.0 Å². The standard InChI is InChI=1S/C15H17N3O3.C2HF3O2/c1-3-8-21-15(20)14(18-17)13(19)9-12(16)11-7-5-4-6-10(11)2;3-2(4,5)1(6)7/h3-7,12H,1,8-9,16H2,2H3;(H,6,7)/t12-;/m1./s1. The minimum Gasteiger partial charge on any atom is -0.475 e. The summed E-state index contributed by atoms with van der Waals surface area (Å²) in [5.41, 5.74) is 15.8. The number of nitrogens with zero attached hydrogens (tertiary/aromatic N) is 2. The van der Waals surface area contributed by atoms with Crippen molar-refractivity contribution in [1.29, 1.82) is 0 Å². The van der Waals surface area contributed by atoms with Crippen LogP contribution in [0, 0.1) is 6.92 Å². The number of ketones is 1. The van der Waals surface area contributed by atoms with Crippen LogP contribution in [0.2, 0.25) is 0 Å². The van der Waals surface area contributed by atoms with Crippen LogP contribution in [0.3, 0.4) is 0 Å². The highest BCUT2D eigenvalue weighted by Crippen LogP contribution is 2.18. The highest BCUT2D eigenvalue weighted by molar-refractivity contribution is 6.62. The lowest BCUT2D eigenvalue weighted by molar-refractivity contribution is -0.192. The molecule has 1 rings (SSSR count). The van der Waals surface area contributed by atoms with Crippen LogP contribution < -0.4 is 5.73 Å². The van der Waals surface area contributed by atoms with E-state index in [1.807, 2.05) is 25.1 Å². The van der Waals surface area contributed by atoms with E-state index in [1.165, 1.54) is 6.08 Å². The summed E-state index contributed by atoms with van der Waals surface area (Å²) < 4.78 is 36.4. The van der Waals surface area contributed by atoms with E-state index in [4.69, 9.17) is 21.2 Å². The van der Waals surface area contributed by atoms with Crippen LogP contribution in [0.1, 0.15) is 23.6 Å². The molecule has 28 heavy (non-hydrogen) atoms. The zero-order valence-corrected chi connectivity index (χ0v) is 14.8. The van der Waals surface area contributed by atoms with Crippen molar-refractivity contribution in [2.45, 2.75) is 25.6 Å². The van der Waals surface area contributed by atoms with Crippen LogP contribution in [0.15, 0.2) is 36.9 Å². The average molecular weight is 401 g/mol. The Morgan fingerprint density at radius 1 is 1.36 bits per heavy atom. The fourth-order valence-corrected chi connectivity index (χ4v) is 1.82. The highest BCUT2D eigenvalue weighted by atomic mass is 19.4. The number of carboxylic acid groups (broad SMARTS) is 1. The number of esters is 1. The third-order valence-electron chi connectivity index (χ3n) is 3.13. The Labute approximate surface area is 158 Å². The summed E-state index contributed by atoms with van der Waals surface area (Å²) in [6.45, 7) is 5.18. The molecule has 0 bridgehead atoms. The number of aliphatic carboxylic acids is 1. The van der Waals surface area contributed by atoms with Crippen molar-refractivity contribution in [3.63, 3.8) is 0 Å². The van der Waals surface area contributed by atoms with Gasteiger partial charge >= 0.3 is 23.8 Å². The molecule has 0 aromatic heterocycles. The van der Waals surface area contributed by atoms with Crippen molar-refractivity contribution < 1.29 is 42.2 Å². The lowest BCUT2D eigenvalue weighted by Gasteiger charge is -2.12. The van der Waals surface area contributed by atoms with Gasteiger partial charge in [0.05, 0.1) is 0 Å². The van der Waals surface area contributed by atoms with E-state index in [9.17, 15) is 22.8 Å². The molecule has 1 atom stereocenters. The largest absolute Gasteiger partial charge is 0.490 e. The summed E-state index contributed by atoms with van der Waals surface area (Å²) in [4.78, 5) is 35.1. The first-order valence-corrected chi connectivity index (χ1v) is 7.60. The number of hydrogen-bond acceptors (Lipinski definition) is 5. The van der Waals surface area contributed by atoms with Gasteiger partial charge in [0.25, 0.3) is 5.78 Å². The number of aryl methyl sites for hydroxylation is 1. The van der Waals surface area contributed by atoms with Crippen LogP contribution in [0.5, 0.6) is 0 Å². The van der Waals surface area contributed by atoms with Crippen molar-refractivity contribution in [3.05, 3.63) is 53.6 Å². The van der Waals surface area contributed by atoms with Crippen LogP contribution in [-0.4, -0.2) is 46.1 Å². The number of hydrogen-bond donors (Lipinski definition) is 2. The van der Waals surface area contributed by atoms with Crippen molar-refractivity contribution in [2.24, 2.45) is 5.73 Å². The second-order valence-corrected chi connectivity index (χ2v) is 5.23. The molecule has 0 aliphatic rings. The Bertz CT molecular complexity index is 786. The molecule has 0 heterocycles. The second-order valence-electron chi connectivity index (χ2n) is 5.23. The molecular weight excluding hydrogens is 383 g/mol. The Morgan fingerprint density at radius 3 is 2.32 bits per heavy atom. The summed E-state index contributed by atoms with van der Waals surface area (Å²) in [6, 6.07) is 6.76. The molecule has 1 aromatic rings. The molecule has 0 aliphatic carbocycles. The summed E-state index contributed by atoms with van der Waals surface area (Å²) >= 11 is 0. The van der Waals surface area contributed by atoms with E-state index >= 15 is 0 Å². The maximum atomic E-state index is 12.0.